The predicted octanol–water partition coefficient (Wildman–Crippen LogP) is 3.56. The van der Waals surface area contributed by atoms with E-state index in [0.717, 1.165) is 0 Å². The topological polar surface area (TPSA) is 44.8 Å². The molecule has 0 amide bonds. The summed E-state index contributed by atoms with van der Waals surface area (Å²) in [5, 5.41) is 0. The van der Waals surface area contributed by atoms with Crippen LogP contribution in [0.15, 0.2) is 10.5 Å². The molecule has 0 aliphatic carbocycles. The van der Waals surface area contributed by atoms with Gasteiger partial charge in [0.1, 0.15) is 15.8 Å². The highest BCUT2D eigenvalue weighted by Crippen LogP contribution is 2.39. The maximum Gasteiger partial charge on any atom is 0.341 e. The summed E-state index contributed by atoms with van der Waals surface area (Å²) in [6.07, 6.45) is 0. The molecule has 1 aromatic rings. The van der Waals surface area contributed by atoms with Crippen LogP contribution < -0.4 is 9.47 Å². The molecule has 1 rings (SSSR count). The summed E-state index contributed by atoms with van der Waals surface area (Å²) in [7, 11) is 0. The average Bonchev–Trinajstić information content (AvgIpc) is 2.38. The molecule has 0 aliphatic rings. The second-order valence-corrected chi connectivity index (χ2v) is 4.26. The lowest BCUT2D eigenvalue weighted by Crippen LogP contribution is -2.10. The van der Waals surface area contributed by atoms with Crippen molar-refractivity contribution in [2.24, 2.45) is 0 Å². The zero-order valence-corrected chi connectivity index (χ0v) is 12.7. The molecule has 0 heterocycles. The first kappa shape index (κ1) is 15.8. The first-order valence-corrected chi connectivity index (χ1v) is 6.80. The van der Waals surface area contributed by atoms with Gasteiger partial charge in [0.25, 0.3) is 0 Å². The number of hydrogen-bond acceptors (Lipinski definition) is 4. The van der Waals surface area contributed by atoms with Gasteiger partial charge in [-0.2, -0.15) is 0 Å². The van der Waals surface area contributed by atoms with Gasteiger partial charge >= 0.3 is 5.97 Å². The molecule has 0 saturated carbocycles. The van der Waals surface area contributed by atoms with Crippen LogP contribution in [0.2, 0.25) is 0 Å². The van der Waals surface area contributed by atoms with E-state index in [4.69, 9.17) is 14.2 Å². The molecule has 0 spiro atoms. The van der Waals surface area contributed by atoms with Crippen molar-refractivity contribution in [1.82, 2.24) is 0 Å². The Morgan fingerprint density at radius 3 is 2.37 bits per heavy atom. The number of benzene rings is 1. The largest absolute Gasteiger partial charge is 0.493 e. The van der Waals surface area contributed by atoms with Crippen LogP contribution in [0.3, 0.4) is 0 Å². The molecule has 0 atom stereocenters. The Bertz CT molecular complexity index is 462. The van der Waals surface area contributed by atoms with Gasteiger partial charge in [-0.3, -0.25) is 0 Å². The van der Waals surface area contributed by atoms with Gasteiger partial charge in [-0.1, -0.05) is 0 Å². The molecule has 0 bridgehead atoms. The molecule has 0 unspecified atom stereocenters. The Balaban J connectivity index is 3.33. The molecular weight excluding hydrogens is 319 g/mol. The van der Waals surface area contributed by atoms with Crippen LogP contribution in [0, 0.1) is 5.82 Å². The number of carbonyl (C=O) groups excluding carboxylic acids is 1. The van der Waals surface area contributed by atoms with Gasteiger partial charge < -0.3 is 14.2 Å². The maximum absolute atomic E-state index is 14.2. The van der Waals surface area contributed by atoms with Crippen molar-refractivity contribution in [1.29, 1.82) is 0 Å². The van der Waals surface area contributed by atoms with Crippen molar-refractivity contribution in [3.8, 4) is 11.5 Å². The summed E-state index contributed by atoms with van der Waals surface area (Å²) in [5.74, 6) is -1.20. The van der Waals surface area contributed by atoms with Crippen LogP contribution in [0.5, 0.6) is 11.5 Å². The molecule has 0 fully saturated rings. The molecule has 4 nitrogen and oxygen atoms in total. The van der Waals surface area contributed by atoms with E-state index >= 15 is 0 Å². The zero-order valence-electron chi connectivity index (χ0n) is 11.1. The summed E-state index contributed by atoms with van der Waals surface area (Å²) >= 11 is 3.21. The zero-order chi connectivity index (χ0) is 14.4. The van der Waals surface area contributed by atoms with E-state index in [2.05, 4.69) is 15.9 Å². The van der Waals surface area contributed by atoms with E-state index in [1.165, 1.54) is 6.07 Å². The number of ether oxygens (including phenoxy) is 3. The van der Waals surface area contributed by atoms with Crippen molar-refractivity contribution < 1.29 is 23.4 Å². The third kappa shape index (κ3) is 3.59. The monoisotopic (exact) mass is 334 g/mol. The van der Waals surface area contributed by atoms with Crippen LogP contribution in [-0.2, 0) is 4.74 Å². The first-order valence-electron chi connectivity index (χ1n) is 6.01. The van der Waals surface area contributed by atoms with E-state index in [1.54, 1.807) is 20.8 Å². The minimum Gasteiger partial charge on any atom is -0.493 e. The Labute approximate surface area is 120 Å². The van der Waals surface area contributed by atoms with Gasteiger partial charge in [-0.15, -0.1) is 0 Å². The van der Waals surface area contributed by atoms with Gasteiger partial charge in [0.2, 0.25) is 0 Å². The molecule has 0 saturated heterocycles. The van der Waals surface area contributed by atoms with E-state index in [0.29, 0.717) is 16.8 Å². The molecule has 106 valence electrons. The standard InChI is InChI=1S/C13H16BrFO4/c1-4-17-9-7-8(13(16)19-6-3)11(15)12(10(9)14)18-5-2/h7H,4-6H2,1-3H3. The molecule has 1 aromatic carbocycles. The molecule has 0 N–H and O–H groups in total. The number of rotatable bonds is 6. The minimum absolute atomic E-state index is 0.0449. The first-order chi connectivity index (χ1) is 9.06. The molecular formula is C13H16BrFO4. The third-order valence-corrected chi connectivity index (χ3v) is 2.96. The lowest BCUT2D eigenvalue weighted by atomic mass is 10.2. The van der Waals surface area contributed by atoms with Crippen LogP contribution in [0.4, 0.5) is 4.39 Å². The molecule has 0 aliphatic heterocycles. The quantitative estimate of drug-likeness (QED) is 0.746. The van der Waals surface area contributed by atoms with E-state index in [-0.39, 0.29) is 24.5 Å². The van der Waals surface area contributed by atoms with Crippen LogP contribution in [-0.4, -0.2) is 25.8 Å². The van der Waals surface area contributed by atoms with Crippen molar-refractivity contribution >= 4 is 21.9 Å². The van der Waals surface area contributed by atoms with Crippen molar-refractivity contribution in [2.45, 2.75) is 20.8 Å². The van der Waals surface area contributed by atoms with Crippen LogP contribution >= 0.6 is 15.9 Å². The Kier molecular flexibility index (Phi) is 6.08. The number of carbonyl (C=O) groups is 1. The molecule has 6 heteroatoms. The second-order valence-electron chi connectivity index (χ2n) is 3.47. The summed E-state index contributed by atoms with van der Waals surface area (Å²) < 4.78 is 29.9. The second kappa shape index (κ2) is 7.33. The van der Waals surface area contributed by atoms with E-state index < -0.39 is 11.8 Å². The van der Waals surface area contributed by atoms with Crippen LogP contribution in [0.25, 0.3) is 0 Å². The fourth-order valence-electron chi connectivity index (χ4n) is 1.48. The fraction of sp³-hybridized carbons (Fsp3) is 0.462. The summed E-state index contributed by atoms with van der Waals surface area (Å²) in [4.78, 5) is 11.7. The van der Waals surface area contributed by atoms with Gasteiger partial charge in [0.05, 0.1) is 19.8 Å². The Hall–Kier alpha value is -1.30. The average molecular weight is 335 g/mol. The Morgan fingerprint density at radius 1 is 1.21 bits per heavy atom. The number of hydrogen-bond donors (Lipinski definition) is 0. The maximum atomic E-state index is 14.2. The van der Waals surface area contributed by atoms with Gasteiger partial charge in [0, 0.05) is 0 Å². The van der Waals surface area contributed by atoms with Crippen LogP contribution in [0.1, 0.15) is 31.1 Å². The van der Waals surface area contributed by atoms with E-state index in [9.17, 15) is 9.18 Å². The number of esters is 1. The molecule has 0 aromatic heterocycles. The van der Waals surface area contributed by atoms with E-state index in [1.807, 2.05) is 0 Å². The highest BCUT2D eigenvalue weighted by molar-refractivity contribution is 9.10. The number of halogens is 2. The van der Waals surface area contributed by atoms with Crippen molar-refractivity contribution in [3.05, 3.63) is 21.9 Å². The highest BCUT2D eigenvalue weighted by atomic mass is 79.9. The predicted molar refractivity (Wildman–Crippen MR) is 72.4 cm³/mol. The molecule has 0 radical (unpaired) electrons. The van der Waals surface area contributed by atoms with Gasteiger partial charge in [0.15, 0.2) is 11.6 Å². The highest BCUT2D eigenvalue weighted by Gasteiger charge is 2.23. The summed E-state index contributed by atoms with van der Waals surface area (Å²) in [5.41, 5.74) is -0.197. The normalized spacial score (nSPS) is 10.2. The van der Waals surface area contributed by atoms with Crippen molar-refractivity contribution in [2.75, 3.05) is 19.8 Å². The SMILES string of the molecule is CCOC(=O)c1cc(OCC)c(Br)c(OCC)c1F. The van der Waals surface area contributed by atoms with Crippen molar-refractivity contribution in [3.63, 3.8) is 0 Å². The molecule has 19 heavy (non-hydrogen) atoms. The summed E-state index contributed by atoms with van der Waals surface area (Å²) in [6, 6.07) is 1.31. The minimum atomic E-state index is -0.754. The summed E-state index contributed by atoms with van der Waals surface area (Å²) in [6.45, 7) is 6.00. The Morgan fingerprint density at radius 2 is 1.84 bits per heavy atom. The lowest BCUT2D eigenvalue weighted by Gasteiger charge is -2.14. The fourth-order valence-corrected chi connectivity index (χ4v) is 1.99. The third-order valence-electron chi connectivity index (χ3n) is 2.21. The lowest BCUT2D eigenvalue weighted by molar-refractivity contribution is 0.0519. The van der Waals surface area contributed by atoms with Gasteiger partial charge in [-0.25, -0.2) is 9.18 Å². The smallest absolute Gasteiger partial charge is 0.341 e. The van der Waals surface area contributed by atoms with Gasteiger partial charge in [-0.05, 0) is 42.8 Å².